The number of nitrogens with one attached hydrogen (secondary N) is 1. The highest BCUT2D eigenvalue weighted by atomic mass is 16.2. The zero-order valence-electron chi connectivity index (χ0n) is 13.2. The van der Waals surface area contributed by atoms with Gasteiger partial charge in [0.15, 0.2) is 0 Å². The Morgan fingerprint density at radius 2 is 1.78 bits per heavy atom. The van der Waals surface area contributed by atoms with E-state index in [-0.39, 0.29) is 11.8 Å². The molecular weight excluding hydrogens is 290 g/mol. The van der Waals surface area contributed by atoms with Gasteiger partial charge in [0.25, 0.3) is 5.91 Å². The van der Waals surface area contributed by atoms with Crippen molar-refractivity contribution in [2.75, 3.05) is 14.1 Å². The average molecular weight is 309 g/mol. The molecule has 0 spiro atoms. The van der Waals surface area contributed by atoms with Crippen molar-refractivity contribution >= 4 is 17.9 Å². The fraction of sp³-hybridized carbons (Fsp3) is 0.167. The molecule has 0 aliphatic rings. The van der Waals surface area contributed by atoms with E-state index in [1.54, 1.807) is 61.7 Å². The maximum atomic E-state index is 12.1. The van der Waals surface area contributed by atoms with Crippen LogP contribution < -0.4 is 5.32 Å². The summed E-state index contributed by atoms with van der Waals surface area (Å²) < 4.78 is 0. The molecule has 0 fully saturated rings. The summed E-state index contributed by atoms with van der Waals surface area (Å²) in [4.78, 5) is 29.1. The van der Waals surface area contributed by atoms with E-state index in [2.05, 4.69) is 10.3 Å². The van der Waals surface area contributed by atoms with Gasteiger partial charge in [0.1, 0.15) is 0 Å². The van der Waals surface area contributed by atoms with Crippen molar-refractivity contribution < 1.29 is 9.59 Å². The van der Waals surface area contributed by atoms with Gasteiger partial charge in [0.05, 0.1) is 0 Å². The van der Waals surface area contributed by atoms with Gasteiger partial charge in [-0.25, -0.2) is 0 Å². The Balaban J connectivity index is 1.96. The van der Waals surface area contributed by atoms with Crippen LogP contribution in [0.1, 0.15) is 21.5 Å². The quantitative estimate of drug-likeness (QED) is 0.861. The van der Waals surface area contributed by atoms with Crippen molar-refractivity contribution in [2.24, 2.45) is 0 Å². The summed E-state index contributed by atoms with van der Waals surface area (Å²) in [6.07, 6.45) is 6.67. The Morgan fingerprint density at radius 3 is 2.39 bits per heavy atom. The number of pyridine rings is 1. The summed E-state index contributed by atoms with van der Waals surface area (Å²) in [5, 5.41) is 2.57. The summed E-state index contributed by atoms with van der Waals surface area (Å²) in [5.41, 5.74) is 2.48. The number of rotatable bonds is 5. The number of aromatic nitrogens is 1. The van der Waals surface area contributed by atoms with Crippen LogP contribution in [0, 0.1) is 0 Å². The molecule has 1 N–H and O–H groups in total. The average Bonchev–Trinajstić information content (AvgIpc) is 2.60. The summed E-state index contributed by atoms with van der Waals surface area (Å²) in [6, 6.07) is 10.8. The van der Waals surface area contributed by atoms with Crippen molar-refractivity contribution in [1.82, 2.24) is 15.2 Å². The molecule has 0 unspecified atom stereocenters. The predicted molar refractivity (Wildman–Crippen MR) is 89.6 cm³/mol. The second-order valence-electron chi connectivity index (χ2n) is 5.08. The smallest absolute Gasteiger partial charge is 0.251 e. The van der Waals surface area contributed by atoms with E-state index in [0.29, 0.717) is 12.1 Å². The lowest BCUT2D eigenvalue weighted by atomic mass is 10.1. The number of nitrogens with zero attached hydrogens (tertiary/aromatic N) is 2. The third-order valence-electron chi connectivity index (χ3n) is 3.36. The molecule has 118 valence electrons. The first-order valence-corrected chi connectivity index (χ1v) is 7.24. The Morgan fingerprint density at radius 1 is 1.13 bits per heavy atom. The number of hydrogen-bond donors (Lipinski definition) is 1. The Hall–Kier alpha value is -2.95. The lowest BCUT2D eigenvalue weighted by Gasteiger charge is -2.14. The molecule has 1 heterocycles. The molecule has 23 heavy (non-hydrogen) atoms. The van der Waals surface area contributed by atoms with Gasteiger partial charge in [-0.1, -0.05) is 12.1 Å². The summed E-state index contributed by atoms with van der Waals surface area (Å²) >= 11 is 0. The minimum absolute atomic E-state index is 0.0859. The van der Waals surface area contributed by atoms with Gasteiger partial charge in [-0.2, -0.15) is 0 Å². The Kier molecular flexibility index (Phi) is 5.63. The molecule has 0 radical (unpaired) electrons. The van der Waals surface area contributed by atoms with Crippen molar-refractivity contribution in [3.63, 3.8) is 0 Å². The number of hydrogen-bond acceptors (Lipinski definition) is 3. The van der Waals surface area contributed by atoms with Crippen LogP contribution in [0.2, 0.25) is 0 Å². The van der Waals surface area contributed by atoms with Gasteiger partial charge in [0.2, 0.25) is 5.91 Å². The number of carbonyl (C=O) groups is 2. The molecule has 2 rings (SSSR count). The van der Waals surface area contributed by atoms with Crippen LogP contribution in [0.15, 0.2) is 54.9 Å². The zero-order valence-corrected chi connectivity index (χ0v) is 13.2. The van der Waals surface area contributed by atoms with E-state index >= 15 is 0 Å². The second-order valence-corrected chi connectivity index (χ2v) is 5.08. The molecule has 0 saturated carbocycles. The number of benzene rings is 1. The normalized spacial score (nSPS) is 10.5. The van der Waals surface area contributed by atoms with E-state index in [0.717, 1.165) is 11.1 Å². The maximum Gasteiger partial charge on any atom is 0.251 e. The van der Waals surface area contributed by atoms with E-state index < -0.39 is 0 Å². The molecule has 0 saturated heterocycles. The lowest BCUT2D eigenvalue weighted by molar-refractivity contribution is -0.125. The first-order valence-electron chi connectivity index (χ1n) is 7.24. The fourth-order valence-electron chi connectivity index (χ4n) is 2.02. The highest BCUT2D eigenvalue weighted by molar-refractivity contribution is 5.94. The Bertz CT molecular complexity index is 694. The summed E-state index contributed by atoms with van der Waals surface area (Å²) in [7, 11) is 3.34. The molecule has 2 amide bonds. The number of likely N-dealkylation sites (N-methyl/N-ethyl adjacent to an activating group) is 1. The first-order chi connectivity index (χ1) is 11.1. The first kappa shape index (κ1) is 16.4. The van der Waals surface area contributed by atoms with E-state index in [1.807, 2.05) is 12.1 Å². The topological polar surface area (TPSA) is 62.3 Å². The lowest BCUT2D eigenvalue weighted by Crippen LogP contribution is -2.24. The van der Waals surface area contributed by atoms with Crippen LogP contribution >= 0.6 is 0 Å². The van der Waals surface area contributed by atoms with E-state index in [4.69, 9.17) is 0 Å². The molecule has 0 aliphatic heterocycles. The van der Waals surface area contributed by atoms with Crippen LogP contribution in [0.3, 0.4) is 0 Å². The number of amides is 2. The van der Waals surface area contributed by atoms with Crippen LogP contribution in [-0.4, -0.2) is 35.8 Å². The minimum Gasteiger partial charge on any atom is -0.355 e. The second kappa shape index (κ2) is 7.89. The Labute approximate surface area is 135 Å². The molecule has 1 aromatic heterocycles. The zero-order chi connectivity index (χ0) is 16.7. The van der Waals surface area contributed by atoms with E-state index in [1.165, 1.54) is 6.08 Å². The summed E-state index contributed by atoms with van der Waals surface area (Å²) in [6.45, 7) is 0.529. The molecule has 5 heteroatoms. The predicted octanol–water partition coefficient (Wildman–Crippen LogP) is 2.11. The van der Waals surface area contributed by atoms with Crippen LogP contribution in [0.25, 0.3) is 6.08 Å². The molecule has 5 nitrogen and oxygen atoms in total. The largest absolute Gasteiger partial charge is 0.355 e. The summed E-state index contributed by atoms with van der Waals surface area (Å²) in [5.74, 6) is -0.217. The van der Waals surface area contributed by atoms with Crippen LogP contribution in [-0.2, 0) is 11.3 Å². The van der Waals surface area contributed by atoms with Gasteiger partial charge in [-0.3, -0.25) is 14.6 Å². The fourth-order valence-corrected chi connectivity index (χ4v) is 2.02. The monoisotopic (exact) mass is 309 g/mol. The van der Waals surface area contributed by atoms with Gasteiger partial charge in [-0.05, 0) is 41.5 Å². The van der Waals surface area contributed by atoms with Crippen molar-refractivity contribution in [1.29, 1.82) is 0 Å². The van der Waals surface area contributed by atoms with E-state index in [9.17, 15) is 9.59 Å². The maximum absolute atomic E-state index is 12.1. The van der Waals surface area contributed by atoms with Gasteiger partial charge >= 0.3 is 0 Å². The molecular formula is C18H19N3O2. The minimum atomic E-state index is -0.131. The molecule has 0 atom stereocenters. The van der Waals surface area contributed by atoms with Crippen molar-refractivity contribution in [3.05, 3.63) is 71.6 Å². The molecule has 0 aliphatic carbocycles. The van der Waals surface area contributed by atoms with Crippen LogP contribution in [0.4, 0.5) is 0 Å². The van der Waals surface area contributed by atoms with Gasteiger partial charge in [0, 0.05) is 44.7 Å². The SMILES string of the molecule is CNC(=O)c1ccc(/C=C/C(=O)N(C)Cc2ccncc2)cc1. The highest BCUT2D eigenvalue weighted by Crippen LogP contribution is 2.07. The molecule has 1 aromatic carbocycles. The standard InChI is InChI=1S/C18H19N3O2/c1-19-18(23)16-6-3-14(4-7-16)5-8-17(22)21(2)13-15-9-11-20-12-10-15/h3-12H,13H2,1-2H3,(H,19,23)/b8-5+. The third-order valence-corrected chi connectivity index (χ3v) is 3.36. The van der Waals surface area contributed by atoms with Crippen LogP contribution in [0.5, 0.6) is 0 Å². The molecule has 0 bridgehead atoms. The third kappa shape index (κ3) is 4.78. The number of carbonyl (C=O) groups excluding carboxylic acids is 2. The highest BCUT2D eigenvalue weighted by Gasteiger charge is 2.06. The van der Waals surface area contributed by atoms with Gasteiger partial charge < -0.3 is 10.2 Å². The molecule has 2 aromatic rings. The van der Waals surface area contributed by atoms with Crippen molar-refractivity contribution in [3.8, 4) is 0 Å². The van der Waals surface area contributed by atoms with Crippen molar-refractivity contribution in [2.45, 2.75) is 6.54 Å². The van der Waals surface area contributed by atoms with Gasteiger partial charge in [-0.15, -0.1) is 0 Å².